The van der Waals surface area contributed by atoms with Gasteiger partial charge < -0.3 is 24.3 Å². The van der Waals surface area contributed by atoms with Crippen LogP contribution in [-0.2, 0) is 16.2 Å². The van der Waals surface area contributed by atoms with E-state index in [1.165, 1.54) is 27.5 Å². The lowest BCUT2D eigenvalue weighted by molar-refractivity contribution is -0.136. The molecule has 9 heteroatoms. The highest BCUT2D eigenvalue weighted by Crippen LogP contribution is 2.29. The van der Waals surface area contributed by atoms with Crippen molar-refractivity contribution in [2.75, 3.05) is 26.6 Å². The normalized spacial score (nSPS) is 10.5. The molecule has 0 atom stereocenters. The number of carbonyl (C=O) groups is 2. The maximum absolute atomic E-state index is 12.3. The predicted molar refractivity (Wildman–Crippen MR) is 132 cm³/mol. The van der Waals surface area contributed by atoms with Crippen LogP contribution in [0.1, 0.15) is 16.7 Å². The fourth-order valence-electron chi connectivity index (χ4n) is 3.12. The van der Waals surface area contributed by atoms with Crippen LogP contribution < -0.4 is 29.7 Å². The van der Waals surface area contributed by atoms with Crippen molar-refractivity contribution in [1.82, 2.24) is 5.43 Å². The van der Waals surface area contributed by atoms with Crippen LogP contribution in [0, 0.1) is 6.92 Å². The van der Waals surface area contributed by atoms with Gasteiger partial charge in [-0.25, -0.2) is 5.43 Å². The molecule has 0 spiro atoms. The summed E-state index contributed by atoms with van der Waals surface area (Å²) in [5, 5.41) is 6.33. The Morgan fingerprint density at radius 2 is 1.60 bits per heavy atom. The molecule has 3 rings (SSSR count). The zero-order valence-electron chi connectivity index (χ0n) is 20.0. The molecule has 0 aliphatic carbocycles. The number of carbonyl (C=O) groups excluding carboxylic acids is 2. The van der Waals surface area contributed by atoms with Crippen molar-refractivity contribution in [2.24, 2.45) is 5.10 Å². The van der Waals surface area contributed by atoms with Gasteiger partial charge in [0.05, 0.1) is 33.2 Å². The Labute approximate surface area is 203 Å². The molecule has 182 valence electrons. The van der Waals surface area contributed by atoms with E-state index in [9.17, 15) is 9.59 Å². The third-order valence-corrected chi connectivity index (χ3v) is 5.07. The first-order valence-electron chi connectivity index (χ1n) is 10.7. The summed E-state index contributed by atoms with van der Waals surface area (Å²) in [4.78, 5) is 24.4. The standard InChI is InChI=1S/C26H27N3O6/c1-17-7-5-6-8-19(17)16-35-23-11-9-18(13-24(23)34-4)15-27-29-26(31)25(30)28-21-14-20(32-2)10-12-22(21)33-3/h5-15H,16H2,1-4H3,(H,28,30)(H,29,31). The van der Waals surface area contributed by atoms with Gasteiger partial charge in [0.1, 0.15) is 18.1 Å². The van der Waals surface area contributed by atoms with Crippen molar-refractivity contribution >= 4 is 23.7 Å². The van der Waals surface area contributed by atoms with E-state index < -0.39 is 11.8 Å². The fraction of sp³-hybridized carbons (Fsp3) is 0.192. The number of methoxy groups -OCH3 is 3. The molecule has 9 nitrogen and oxygen atoms in total. The predicted octanol–water partition coefficient (Wildman–Crippen LogP) is 3.69. The zero-order chi connectivity index (χ0) is 25.2. The van der Waals surface area contributed by atoms with Gasteiger partial charge in [0, 0.05) is 6.07 Å². The number of benzene rings is 3. The Hall–Kier alpha value is -4.53. The molecule has 0 aromatic heterocycles. The van der Waals surface area contributed by atoms with Crippen molar-refractivity contribution in [1.29, 1.82) is 0 Å². The van der Waals surface area contributed by atoms with Crippen molar-refractivity contribution < 1.29 is 28.5 Å². The van der Waals surface area contributed by atoms with E-state index >= 15 is 0 Å². The largest absolute Gasteiger partial charge is 0.497 e. The van der Waals surface area contributed by atoms with Crippen molar-refractivity contribution in [2.45, 2.75) is 13.5 Å². The van der Waals surface area contributed by atoms with E-state index in [4.69, 9.17) is 18.9 Å². The summed E-state index contributed by atoms with van der Waals surface area (Å²) in [6, 6.07) is 18.0. The third kappa shape index (κ3) is 6.73. The summed E-state index contributed by atoms with van der Waals surface area (Å²) in [5.74, 6) is 0.106. The lowest BCUT2D eigenvalue weighted by Crippen LogP contribution is -2.32. The molecule has 0 aliphatic heterocycles. The number of aryl methyl sites for hydroxylation is 1. The molecule has 2 N–H and O–H groups in total. The molecular formula is C26H27N3O6. The topological polar surface area (TPSA) is 107 Å². The van der Waals surface area contributed by atoms with Crippen molar-refractivity contribution in [3.8, 4) is 23.0 Å². The lowest BCUT2D eigenvalue weighted by atomic mass is 10.1. The minimum atomic E-state index is -0.948. The summed E-state index contributed by atoms with van der Waals surface area (Å²) < 4.78 is 21.6. The van der Waals surface area contributed by atoms with Gasteiger partial charge in [-0.3, -0.25) is 9.59 Å². The number of ether oxygens (including phenoxy) is 4. The molecule has 0 unspecified atom stereocenters. The SMILES string of the molecule is COc1ccc(OC)c(NC(=O)C(=O)NN=Cc2ccc(OCc3ccccc3C)c(OC)c2)c1. The van der Waals surface area contributed by atoms with E-state index in [2.05, 4.69) is 15.8 Å². The van der Waals surface area contributed by atoms with Crippen molar-refractivity contribution in [3.05, 3.63) is 77.4 Å². The van der Waals surface area contributed by atoms with E-state index in [0.29, 0.717) is 40.9 Å². The van der Waals surface area contributed by atoms with Gasteiger partial charge in [-0.05, 0) is 53.9 Å². The van der Waals surface area contributed by atoms with Crippen LogP contribution in [0.25, 0.3) is 0 Å². The number of hydrogen-bond donors (Lipinski definition) is 2. The molecular weight excluding hydrogens is 450 g/mol. The third-order valence-electron chi connectivity index (χ3n) is 5.07. The second-order valence-electron chi connectivity index (χ2n) is 7.34. The molecule has 2 amide bonds. The van der Waals surface area contributed by atoms with Gasteiger partial charge in [-0.1, -0.05) is 24.3 Å². The number of nitrogens with zero attached hydrogens (tertiary/aromatic N) is 1. The number of nitrogens with one attached hydrogen (secondary N) is 2. The zero-order valence-corrected chi connectivity index (χ0v) is 20.0. The van der Waals surface area contributed by atoms with E-state index in [1.807, 2.05) is 31.2 Å². The Bertz CT molecular complexity index is 1230. The highest BCUT2D eigenvalue weighted by Gasteiger charge is 2.16. The summed E-state index contributed by atoms with van der Waals surface area (Å²) >= 11 is 0. The molecule has 0 heterocycles. The van der Waals surface area contributed by atoms with Crippen LogP contribution in [-0.4, -0.2) is 39.4 Å². The summed E-state index contributed by atoms with van der Waals surface area (Å²) in [7, 11) is 4.48. The van der Waals surface area contributed by atoms with E-state index in [1.54, 1.807) is 36.4 Å². The molecule has 0 fully saturated rings. The van der Waals surface area contributed by atoms with Crippen LogP contribution in [0.4, 0.5) is 5.69 Å². The number of amides is 2. The van der Waals surface area contributed by atoms with Crippen LogP contribution in [0.2, 0.25) is 0 Å². The number of hydrazone groups is 1. The molecule has 0 bridgehead atoms. The second-order valence-corrected chi connectivity index (χ2v) is 7.34. The fourth-order valence-corrected chi connectivity index (χ4v) is 3.12. The highest BCUT2D eigenvalue weighted by molar-refractivity contribution is 6.39. The molecule has 35 heavy (non-hydrogen) atoms. The Balaban J connectivity index is 1.60. The average Bonchev–Trinajstić information content (AvgIpc) is 2.88. The molecule has 0 aliphatic rings. The van der Waals surface area contributed by atoms with Crippen molar-refractivity contribution in [3.63, 3.8) is 0 Å². The first kappa shape index (κ1) is 25.1. The number of rotatable bonds is 9. The molecule has 3 aromatic carbocycles. The molecule has 0 saturated heterocycles. The maximum Gasteiger partial charge on any atom is 0.329 e. The minimum absolute atomic E-state index is 0.294. The van der Waals surface area contributed by atoms with Gasteiger partial charge in [0.15, 0.2) is 11.5 Å². The van der Waals surface area contributed by atoms with Gasteiger partial charge in [-0.2, -0.15) is 5.10 Å². The highest BCUT2D eigenvalue weighted by atomic mass is 16.5. The second kappa shape index (κ2) is 12.1. The molecule has 3 aromatic rings. The number of hydrogen-bond acceptors (Lipinski definition) is 7. The molecule has 0 saturated carbocycles. The monoisotopic (exact) mass is 477 g/mol. The van der Waals surface area contributed by atoms with E-state index in [0.717, 1.165) is 11.1 Å². The number of anilines is 1. The first-order chi connectivity index (χ1) is 16.9. The van der Waals surface area contributed by atoms with Crippen LogP contribution in [0.3, 0.4) is 0 Å². The quantitative estimate of drug-likeness (QED) is 0.277. The maximum atomic E-state index is 12.3. The van der Waals surface area contributed by atoms with E-state index in [-0.39, 0.29) is 0 Å². The minimum Gasteiger partial charge on any atom is -0.497 e. The Kier molecular flexibility index (Phi) is 8.66. The van der Waals surface area contributed by atoms with Gasteiger partial charge in [0.25, 0.3) is 0 Å². The molecule has 0 radical (unpaired) electrons. The summed E-state index contributed by atoms with van der Waals surface area (Å²) in [6.45, 7) is 2.43. The lowest BCUT2D eigenvalue weighted by Gasteiger charge is -2.12. The van der Waals surface area contributed by atoms with Crippen LogP contribution in [0.5, 0.6) is 23.0 Å². The van der Waals surface area contributed by atoms with Crippen LogP contribution in [0.15, 0.2) is 65.8 Å². The smallest absolute Gasteiger partial charge is 0.329 e. The van der Waals surface area contributed by atoms with Gasteiger partial charge >= 0.3 is 11.8 Å². The Morgan fingerprint density at radius 3 is 2.31 bits per heavy atom. The average molecular weight is 478 g/mol. The first-order valence-corrected chi connectivity index (χ1v) is 10.7. The van der Waals surface area contributed by atoms with Crippen LogP contribution >= 0.6 is 0 Å². The van der Waals surface area contributed by atoms with Gasteiger partial charge in [0.2, 0.25) is 0 Å². The van der Waals surface area contributed by atoms with Gasteiger partial charge in [-0.15, -0.1) is 0 Å². The Morgan fingerprint density at radius 1 is 0.857 bits per heavy atom. The summed E-state index contributed by atoms with van der Waals surface area (Å²) in [6.07, 6.45) is 1.39. The summed E-state index contributed by atoms with van der Waals surface area (Å²) in [5.41, 5.74) is 5.34.